The quantitative estimate of drug-likeness (QED) is 0.645. The van der Waals surface area contributed by atoms with Crippen molar-refractivity contribution in [2.45, 2.75) is 65.5 Å². The molecule has 0 saturated carbocycles. The third-order valence-electron chi connectivity index (χ3n) is 2.95. The van der Waals surface area contributed by atoms with Crippen molar-refractivity contribution in [3.05, 3.63) is 0 Å². The van der Waals surface area contributed by atoms with E-state index in [0.29, 0.717) is 19.3 Å². The second-order valence-corrected chi connectivity index (χ2v) is 5.93. The van der Waals surface area contributed by atoms with Crippen LogP contribution in [0.1, 0.15) is 53.4 Å². The highest BCUT2D eigenvalue weighted by atomic mass is 16.4. The van der Waals surface area contributed by atoms with E-state index in [-0.39, 0.29) is 29.8 Å². The first-order valence-corrected chi connectivity index (χ1v) is 6.39. The number of nitrogens with two attached hydrogens (primary N) is 1. The number of nitrogens with one attached hydrogen (secondary N) is 1. The Hall–Kier alpha value is -1.10. The summed E-state index contributed by atoms with van der Waals surface area (Å²) in [6.07, 6.45) is 1.68. The molecule has 4 N–H and O–H groups in total. The van der Waals surface area contributed by atoms with E-state index in [9.17, 15) is 9.59 Å². The number of rotatable bonds is 7. The molecule has 2 atom stereocenters. The lowest BCUT2D eigenvalue weighted by Crippen LogP contribution is -2.42. The van der Waals surface area contributed by atoms with Gasteiger partial charge in [0.15, 0.2) is 0 Å². The minimum atomic E-state index is -0.803. The Labute approximate surface area is 109 Å². The third kappa shape index (κ3) is 8.06. The Morgan fingerprint density at radius 1 is 1.33 bits per heavy atom. The lowest BCUT2D eigenvalue weighted by molar-refractivity contribution is -0.137. The van der Waals surface area contributed by atoms with E-state index in [1.165, 1.54) is 0 Å². The molecule has 0 heterocycles. The van der Waals surface area contributed by atoms with Crippen LogP contribution >= 0.6 is 0 Å². The lowest BCUT2D eigenvalue weighted by atomic mass is 9.85. The molecular weight excluding hydrogens is 232 g/mol. The van der Waals surface area contributed by atoms with Gasteiger partial charge in [-0.2, -0.15) is 0 Å². The number of carbonyl (C=O) groups excluding carboxylic acids is 1. The molecule has 0 radical (unpaired) electrons. The highest BCUT2D eigenvalue weighted by molar-refractivity contribution is 5.76. The number of hydrogen-bond donors (Lipinski definition) is 3. The monoisotopic (exact) mass is 258 g/mol. The fraction of sp³-hybridized carbons (Fsp3) is 0.846. The summed E-state index contributed by atoms with van der Waals surface area (Å²) in [6.45, 7) is 7.88. The van der Waals surface area contributed by atoms with E-state index in [4.69, 9.17) is 10.8 Å². The summed E-state index contributed by atoms with van der Waals surface area (Å²) < 4.78 is 0. The molecular formula is C13H26N2O3. The Kier molecular flexibility index (Phi) is 6.91. The second-order valence-electron chi connectivity index (χ2n) is 5.93. The van der Waals surface area contributed by atoms with Crippen LogP contribution in [-0.4, -0.2) is 29.1 Å². The molecule has 0 rings (SSSR count). The van der Waals surface area contributed by atoms with Gasteiger partial charge in [-0.1, -0.05) is 20.8 Å². The van der Waals surface area contributed by atoms with Gasteiger partial charge in [-0.05, 0) is 25.2 Å². The van der Waals surface area contributed by atoms with Crippen LogP contribution in [0.25, 0.3) is 0 Å². The molecule has 5 nitrogen and oxygen atoms in total. The average molecular weight is 258 g/mol. The highest BCUT2D eigenvalue weighted by Crippen LogP contribution is 2.19. The van der Waals surface area contributed by atoms with E-state index in [2.05, 4.69) is 5.32 Å². The normalized spacial score (nSPS) is 14.9. The SMILES string of the molecule is CC(CCCC(=O)O)NC(=O)CC(N)C(C)(C)C. The number of carbonyl (C=O) groups is 2. The number of aliphatic carboxylic acids is 1. The minimum Gasteiger partial charge on any atom is -0.481 e. The van der Waals surface area contributed by atoms with Gasteiger partial charge in [0.1, 0.15) is 0 Å². The van der Waals surface area contributed by atoms with Crippen LogP contribution < -0.4 is 11.1 Å². The third-order valence-corrected chi connectivity index (χ3v) is 2.95. The molecule has 18 heavy (non-hydrogen) atoms. The molecule has 0 aliphatic rings. The van der Waals surface area contributed by atoms with Crippen LogP contribution in [0.3, 0.4) is 0 Å². The number of amides is 1. The van der Waals surface area contributed by atoms with Crippen molar-refractivity contribution in [1.82, 2.24) is 5.32 Å². The van der Waals surface area contributed by atoms with E-state index in [1.54, 1.807) is 0 Å². The fourth-order valence-electron chi connectivity index (χ4n) is 1.47. The molecule has 0 aromatic rings. The summed E-state index contributed by atoms with van der Waals surface area (Å²) in [5.74, 6) is -0.872. The topological polar surface area (TPSA) is 92.4 Å². The summed E-state index contributed by atoms with van der Waals surface area (Å²) in [5.41, 5.74) is 5.84. The summed E-state index contributed by atoms with van der Waals surface area (Å²) in [5, 5.41) is 11.4. The van der Waals surface area contributed by atoms with Crippen molar-refractivity contribution >= 4 is 11.9 Å². The summed E-state index contributed by atoms with van der Waals surface area (Å²) in [6, 6.07) is -0.187. The van der Waals surface area contributed by atoms with Crippen LogP contribution in [0.15, 0.2) is 0 Å². The molecule has 1 amide bonds. The molecule has 0 bridgehead atoms. The summed E-state index contributed by atoms with van der Waals surface area (Å²) in [7, 11) is 0. The molecule has 0 fully saturated rings. The smallest absolute Gasteiger partial charge is 0.303 e. The molecule has 0 aromatic carbocycles. The number of hydrogen-bond acceptors (Lipinski definition) is 3. The van der Waals surface area contributed by atoms with Crippen molar-refractivity contribution in [2.75, 3.05) is 0 Å². The van der Waals surface area contributed by atoms with Crippen molar-refractivity contribution in [3.8, 4) is 0 Å². The Bertz CT molecular complexity index is 284. The maximum Gasteiger partial charge on any atom is 0.303 e. The van der Waals surface area contributed by atoms with E-state index in [0.717, 1.165) is 0 Å². The minimum absolute atomic E-state index is 0.0102. The summed E-state index contributed by atoms with van der Waals surface area (Å²) in [4.78, 5) is 22.1. The van der Waals surface area contributed by atoms with Gasteiger partial charge in [0.2, 0.25) is 5.91 Å². The van der Waals surface area contributed by atoms with Gasteiger partial charge in [-0.25, -0.2) is 0 Å². The van der Waals surface area contributed by atoms with E-state index >= 15 is 0 Å². The first-order chi connectivity index (χ1) is 8.12. The Morgan fingerprint density at radius 2 is 1.89 bits per heavy atom. The highest BCUT2D eigenvalue weighted by Gasteiger charge is 2.23. The fourth-order valence-corrected chi connectivity index (χ4v) is 1.47. The van der Waals surface area contributed by atoms with Gasteiger partial charge < -0.3 is 16.2 Å². The zero-order valence-corrected chi connectivity index (χ0v) is 11.8. The first kappa shape index (κ1) is 16.9. The van der Waals surface area contributed by atoms with Gasteiger partial charge in [0, 0.05) is 24.9 Å². The first-order valence-electron chi connectivity index (χ1n) is 6.39. The van der Waals surface area contributed by atoms with E-state index < -0.39 is 5.97 Å². The Morgan fingerprint density at radius 3 is 2.33 bits per heavy atom. The van der Waals surface area contributed by atoms with Crippen molar-refractivity contribution in [3.63, 3.8) is 0 Å². The van der Waals surface area contributed by atoms with Crippen molar-refractivity contribution in [1.29, 1.82) is 0 Å². The van der Waals surface area contributed by atoms with Gasteiger partial charge in [0.25, 0.3) is 0 Å². The van der Waals surface area contributed by atoms with Gasteiger partial charge in [0.05, 0.1) is 0 Å². The lowest BCUT2D eigenvalue weighted by Gasteiger charge is -2.27. The standard InChI is InChI=1S/C13H26N2O3/c1-9(6-5-7-12(17)18)15-11(16)8-10(14)13(2,3)4/h9-10H,5-8,14H2,1-4H3,(H,15,16)(H,17,18). The average Bonchev–Trinajstić information content (AvgIpc) is 2.14. The predicted octanol–water partition coefficient (Wildman–Crippen LogP) is 1.51. The predicted molar refractivity (Wildman–Crippen MR) is 71.1 cm³/mol. The zero-order valence-electron chi connectivity index (χ0n) is 11.8. The Balaban J connectivity index is 3.90. The molecule has 2 unspecified atom stereocenters. The van der Waals surface area contributed by atoms with Gasteiger partial charge in [-0.3, -0.25) is 9.59 Å². The van der Waals surface area contributed by atoms with Crippen molar-refractivity contribution in [2.24, 2.45) is 11.1 Å². The van der Waals surface area contributed by atoms with Crippen LogP contribution in [0.4, 0.5) is 0 Å². The molecule has 106 valence electrons. The van der Waals surface area contributed by atoms with Crippen LogP contribution in [0, 0.1) is 5.41 Å². The number of carboxylic acid groups (broad SMARTS) is 1. The molecule has 0 aliphatic carbocycles. The molecule has 0 spiro atoms. The van der Waals surface area contributed by atoms with Crippen molar-refractivity contribution < 1.29 is 14.7 Å². The van der Waals surface area contributed by atoms with Gasteiger partial charge in [-0.15, -0.1) is 0 Å². The summed E-state index contributed by atoms with van der Waals surface area (Å²) >= 11 is 0. The maximum absolute atomic E-state index is 11.7. The molecule has 0 aliphatic heterocycles. The second kappa shape index (κ2) is 7.36. The van der Waals surface area contributed by atoms with Gasteiger partial charge >= 0.3 is 5.97 Å². The molecule has 0 aromatic heterocycles. The number of carboxylic acids is 1. The maximum atomic E-state index is 11.7. The molecule has 0 saturated heterocycles. The largest absolute Gasteiger partial charge is 0.481 e. The van der Waals surface area contributed by atoms with Crippen LogP contribution in [0.2, 0.25) is 0 Å². The zero-order chi connectivity index (χ0) is 14.3. The van der Waals surface area contributed by atoms with Crippen LogP contribution in [-0.2, 0) is 9.59 Å². The van der Waals surface area contributed by atoms with Crippen LogP contribution in [0.5, 0.6) is 0 Å². The molecule has 5 heteroatoms. The van der Waals surface area contributed by atoms with E-state index in [1.807, 2.05) is 27.7 Å².